The molecule has 1 heterocycles. The molecule has 0 bridgehead atoms. The summed E-state index contributed by atoms with van der Waals surface area (Å²) in [7, 11) is 1.62. The van der Waals surface area contributed by atoms with Crippen molar-refractivity contribution >= 4 is 11.5 Å². The SMILES string of the molecule is CCNc1ncnc(OCCOCCCOC)c1[N+](=O)[O-]. The zero-order valence-corrected chi connectivity index (χ0v) is 12.2. The normalized spacial score (nSPS) is 10.4. The summed E-state index contributed by atoms with van der Waals surface area (Å²) in [5.41, 5.74) is -0.265. The fourth-order valence-electron chi connectivity index (χ4n) is 1.53. The first kappa shape index (κ1) is 17.1. The molecule has 0 saturated carbocycles. The molecule has 0 saturated heterocycles. The molecular formula is C12H20N4O5. The minimum Gasteiger partial charge on any atom is -0.470 e. The van der Waals surface area contributed by atoms with E-state index >= 15 is 0 Å². The summed E-state index contributed by atoms with van der Waals surface area (Å²) in [6, 6.07) is 0. The van der Waals surface area contributed by atoms with Crippen LogP contribution in [0, 0.1) is 10.1 Å². The van der Waals surface area contributed by atoms with Gasteiger partial charge in [0.05, 0.1) is 11.5 Å². The number of nitrogens with one attached hydrogen (secondary N) is 1. The summed E-state index contributed by atoms with van der Waals surface area (Å²) in [6.07, 6.45) is 2.01. The Kier molecular flexibility index (Phi) is 7.99. The highest BCUT2D eigenvalue weighted by atomic mass is 16.6. The van der Waals surface area contributed by atoms with Crippen LogP contribution in [0.15, 0.2) is 6.33 Å². The molecule has 1 aromatic rings. The molecule has 0 aromatic carbocycles. The molecule has 9 nitrogen and oxygen atoms in total. The number of rotatable bonds is 11. The van der Waals surface area contributed by atoms with E-state index in [4.69, 9.17) is 14.2 Å². The molecule has 0 atom stereocenters. The van der Waals surface area contributed by atoms with E-state index in [1.807, 2.05) is 6.92 Å². The van der Waals surface area contributed by atoms with Crippen LogP contribution in [-0.4, -0.2) is 55.0 Å². The van der Waals surface area contributed by atoms with Gasteiger partial charge in [-0.05, 0) is 13.3 Å². The lowest BCUT2D eigenvalue weighted by atomic mass is 10.4. The Labute approximate surface area is 122 Å². The van der Waals surface area contributed by atoms with Gasteiger partial charge in [0.1, 0.15) is 12.9 Å². The van der Waals surface area contributed by atoms with Gasteiger partial charge < -0.3 is 19.5 Å². The van der Waals surface area contributed by atoms with Crippen LogP contribution in [0.5, 0.6) is 5.88 Å². The van der Waals surface area contributed by atoms with Crippen molar-refractivity contribution in [1.82, 2.24) is 9.97 Å². The maximum Gasteiger partial charge on any atom is 0.372 e. The van der Waals surface area contributed by atoms with Gasteiger partial charge in [-0.15, -0.1) is 0 Å². The highest BCUT2D eigenvalue weighted by Crippen LogP contribution is 2.30. The van der Waals surface area contributed by atoms with Gasteiger partial charge >= 0.3 is 5.69 Å². The molecule has 1 rings (SSSR count). The van der Waals surface area contributed by atoms with Crippen molar-refractivity contribution < 1.29 is 19.1 Å². The minimum absolute atomic E-state index is 0.0635. The summed E-state index contributed by atoms with van der Waals surface area (Å²) in [6.45, 7) is 4.01. The molecule has 0 aliphatic rings. The Morgan fingerprint density at radius 2 is 2.10 bits per heavy atom. The molecule has 1 N–H and O–H groups in total. The number of nitro groups is 1. The lowest BCUT2D eigenvalue weighted by Crippen LogP contribution is -2.12. The Bertz CT molecular complexity index is 444. The van der Waals surface area contributed by atoms with Crippen molar-refractivity contribution in [3.8, 4) is 5.88 Å². The predicted molar refractivity (Wildman–Crippen MR) is 75.7 cm³/mol. The van der Waals surface area contributed by atoms with Crippen LogP contribution in [0.4, 0.5) is 11.5 Å². The van der Waals surface area contributed by atoms with Gasteiger partial charge in [-0.25, -0.2) is 4.98 Å². The topological polar surface area (TPSA) is 109 Å². The van der Waals surface area contributed by atoms with Crippen LogP contribution in [-0.2, 0) is 9.47 Å². The van der Waals surface area contributed by atoms with Crippen molar-refractivity contribution in [2.24, 2.45) is 0 Å². The number of hydrogen-bond acceptors (Lipinski definition) is 8. The van der Waals surface area contributed by atoms with Gasteiger partial charge in [0.25, 0.3) is 5.88 Å². The highest BCUT2D eigenvalue weighted by molar-refractivity contribution is 5.60. The fourth-order valence-corrected chi connectivity index (χ4v) is 1.53. The third-order valence-electron chi connectivity index (χ3n) is 2.42. The second-order valence-electron chi connectivity index (χ2n) is 3.97. The first-order valence-electron chi connectivity index (χ1n) is 6.63. The second-order valence-corrected chi connectivity index (χ2v) is 3.97. The monoisotopic (exact) mass is 300 g/mol. The molecule has 0 radical (unpaired) electrons. The molecule has 0 aliphatic heterocycles. The summed E-state index contributed by atoms with van der Waals surface area (Å²) < 4.78 is 15.5. The van der Waals surface area contributed by atoms with E-state index in [-0.39, 0.29) is 24.0 Å². The third kappa shape index (κ3) is 5.88. The average Bonchev–Trinajstić information content (AvgIpc) is 2.46. The summed E-state index contributed by atoms with van der Waals surface area (Å²) in [5, 5.41) is 13.9. The summed E-state index contributed by atoms with van der Waals surface area (Å²) in [4.78, 5) is 18.2. The van der Waals surface area contributed by atoms with Crippen LogP contribution < -0.4 is 10.1 Å². The lowest BCUT2D eigenvalue weighted by molar-refractivity contribution is -0.385. The molecule has 118 valence electrons. The smallest absolute Gasteiger partial charge is 0.372 e. The van der Waals surface area contributed by atoms with Crippen molar-refractivity contribution in [1.29, 1.82) is 0 Å². The number of aromatic nitrogens is 2. The summed E-state index contributed by atoms with van der Waals surface area (Å²) >= 11 is 0. The first-order valence-corrected chi connectivity index (χ1v) is 6.63. The Morgan fingerprint density at radius 3 is 2.76 bits per heavy atom. The van der Waals surface area contributed by atoms with Gasteiger partial charge in [-0.2, -0.15) is 4.98 Å². The molecule has 21 heavy (non-hydrogen) atoms. The van der Waals surface area contributed by atoms with Crippen molar-refractivity contribution in [3.63, 3.8) is 0 Å². The Morgan fingerprint density at radius 1 is 1.29 bits per heavy atom. The maximum absolute atomic E-state index is 11.1. The van der Waals surface area contributed by atoms with E-state index < -0.39 is 4.92 Å². The molecule has 0 aliphatic carbocycles. The van der Waals surface area contributed by atoms with Gasteiger partial charge in [0.2, 0.25) is 5.82 Å². The molecule has 0 spiro atoms. The molecule has 0 amide bonds. The molecular weight excluding hydrogens is 280 g/mol. The number of nitrogens with zero attached hydrogens (tertiary/aromatic N) is 3. The molecule has 1 aromatic heterocycles. The maximum atomic E-state index is 11.1. The number of hydrogen-bond donors (Lipinski definition) is 1. The average molecular weight is 300 g/mol. The van der Waals surface area contributed by atoms with E-state index in [2.05, 4.69) is 15.3 Å². The van der Waals surface area contributed by atoms with Gasteiger partial charge in [0.15, 0.2) is 0 Å². The van der Waals surface area contributed by atoms with Crippen molar-refractivity contribution in [2.75, 3.05) is 45.4 Å². The van der Waals surface area contributed by atoms with Crippen LogP contribution in [0.2, 0.25) is 0 Å². The number of ether oxygens (including phenoxy) is 3. The largest absolute Gasteiger partial charge is 0.470 e. The highest BCUT2D eigenvalue weighted by Gasteiger charge is 2.23. The lowest BCUT2D eigenvalue weighted by Gasteiger charge is -2.08. The van der Waals surface area contributed by atoms with Crippen molar-refractivity contribution in [3.05, 3.63) is 16.4 Å². The number of anilines is 1. The zero-order valence-electron chi connectivity index (χ0n) is 12.2. The van der Waals surface area contributed by atoms with Gasteiger partial charge in [-0.3, -0.25) is 10.1 Å². The van der Waals surface area contributed by atoms with Crippen LogP contribution in [0.25, 0.3) is 0 Å². The zero-order chi connectivity index (χ0) is 15.5. The molecule has 0 unspecified atom stereocenters. The van der Waals surface area contributed by atoms with Crippen LogP contribution in [0.1, 0.15) is 13.3 Å². The quantitative estimate of drug-likeness (QED) is 0.369. The van der Waals surface area contributed by atoms with E-state index in [0.717, 1.165) is 6.42 Å². The second kappa shape index (κ2) is 9.83. The van der Waals surface area contributed by atoms with E-state index in [1.54, 1.807) is 7.11 Å². The van der Waals surface area contributed by atoms with E-state index in [9.17, 15) is 10.1 Å². The first-order chi connectivity index (χ1) is 10.2. The number of methoxy groups -OCH3 is 1. The molecule has 9 heteroatoms. The standard InChI is InChI=1S/C12H20N4O5/c1-3-13-11-10(16(17)18)12(15-9-14-11)21-8-7-20-6-4-5-19-2/h9H,3-8H2,1-2H3,(H,13,14,15). The Hall–Kier alpha value is -2.00. The van der Waals surface area contributed by atoms with Crippen molar-refractivity contribution in [2.45, 2.75) is 13.3 Å². The van der Waals surface area contributed by atoms with E-state index in [1.165, 1.54) is 6.33 Å². The van der Waals surface area contributed by atoms with Gasteiger partial charge in [-0.1, -0.05) is 0 Å². The third-order valence-corrected chi connectivity index (χ3v) is 2.42. The van der Waals surface area contributed by atoms with E-state index in [0.29, 0.717) is 26.4 Å². The Balaban J connectivity index is 2.50. The van der Waals surface area contributed by atoms with Crippen LogP contribution in [0.3, 0.4) is 0 Å². The fraction of sp³-hybridized carbons (Fsp3) is 0.667. The minimum atomic E-state index is -0.563. The summed E-state index contributed by atoms with van der Waals surface area (Å²) in [5.74, 6) is 0.0833. The van der Waals surface area contributed by atoms with Gasteiger partial charge in [0, 0.05) is 26.9 Å². The van der Waals surface area contributed by atoms with Crippen LogP contribution >= 0.6 is 0 Å². The predicted octanol–water partition coefficient (Wildman–Crippen LogP) is 1.25. The molecule has 0 fully saturated rings.